The topological polar surface area (TPSA) is 15.3 Å². The first-order valence-corrected chi connectivity index (χ1v) is 7.02. The van der Waals surface area contributed by atoms with Gasteiger partial charge in [0, 0.05) is 6.04 Å². The highest BCUT2D eigenvalue weighted by Crippen LogP contribution is 2.05. The van der Waals surface area contributed by atoms with Crippen LogP contribution in [-0.4, -0.2) is 37.6 Å². The van der Waals surface area contributed by atoms with E-state index >= 15 is 0 Å². The second-order valence-electron chi connectivity index (χ2n) is 5.29. The van der Waals surface area contributed by atoms with Gasteiger partial charge in [0.25, 0.3) is 0 Å². The summed E-state index contributed by atoms with van der Waals surface area (Å²) < 4.78 is 0. The minimum Gasteiger partial charge on any atom is -0.314 e. The van der Waals surface area contributed by atoms with Gasteiger partial charge in [0.15, 0.2) is 0 Å². The molecule has 0 aliphatic rings. The van der Waals surface area contributed by atoms with Crippen LogP contribution in [0, 0.1) is 5.92 Å². The van der Waals surface area contributed by atoms with Crippen LogP contribution in [0.1, 0.15) is 53.4 Å². The van der Waals surface area contributed by atoms with Crippen molar-refractivity contribution in [2.75, 3.05) is 26.7 Å². The average molecular weight is 228 g/mol. The molecule has 0 saturated heterocycles. The lowest BCUT2D eigenvalue weighted by atomic mass is 10.1. The van der Waals surface area contributed by atoms with Crippen molar-refractivity contribution < 1.29 is 0 Å². The van der Waals surface area contributed by atoms with Gasteiger partial charge >= 0.3 is 0 Å². The summed E-state index contributed by atoms with van der Waals surface area (Å²) >= 11 is 0. The lowest BCUT2D eigenvalue weighted by Crippen LogP contribution is -2.29. The van der Waals surface area contributed by atoms with E-state index in [1.807, 2.05) is 0 Å². The largest absolute Gasteiger partial charge is 0.314 e. The molecule has 16 heavy (non-hydrogen) atoms. The van der Waals surface area contributed by atoms with E-state index in [1.165, 1.54) is 38.8 Å². The van der Waals surface area contributed by atoms with Crippen molar-refractivity contribution in [3.05, 3.63) is 0 Å². The molecule has 98 valence electrons. The number of hydrogen-bond acceptors (Lipinski definition) is 2. The molecule has 1 unspecified atom stereocenters. The number of hydrogen-bond donors (Lipinski definition) is 1. The maximum atomic E-state index is 3.54. The molecule has 0 aromatic carbocycles. The molecule has 2 heteroatoms. The molecule has 0 aromatic heterocycles. The molecule has 0 bridgehead atoms. The van der Waals surface area contributed by atoms with Crippen molar-refractivity contribution in [1.29, 1.82) is 0 Å². The van der Waals surface area contributed by atoms with Crippen LogP contribution >= 0.6 is 0 Å². The molecule has 0 aliphatic carbocycles. The Labute approximate surface area is 103 Å². The number of nitrogens with zero attached hydrogens (tertiary/aromatic N) is 1. The zero-order valence-electron chi connectivity index (χ0n) is 12.1. The number of nitrogens with one attached hydrogen (secondary N) is 1. The molecule has 0 aliphatic heterocycles. The van der Waals surface area contributed by atoms with Crippen molar-refractivity contribution >= 4 is 0 Å². The summed E-state index contributed by atoms with van der Waals surface area (Å²) in [5.74, 6) is 0.826. The second-order valence-corrected chi connectivity index (χ2v) is 5.29. The van der Waals surface area contributed by atoms with E-state index in [0.29, 0.717) is 0 Å². The van der Waals surface area contributed by atoms with Gasteiger partial charge in [-0.3, -0.25) is 0 Å². The Morgan fingerprint density at radius 2 is 1.75 bits per heavy atom. The SMILES string of the molecule is CCNC(CC)CCCN(C)CCC(C)C. The molecule has 1 N–H and O–H groups in total. The van der Waals surface area contributed by atoms with Gasteiger partial charge in [-0.25, -0.2) is 0 Å². The predicted molar refractivity (Wildman–Crippen MR) is 73.9 cm³/mol. The maximum absolute atomic E-state index is 3.54. The Kier molecular flexibility index (Phi) is 10.0. The van der Waals surface area contributed by atoms with Gasteiger partial charge in [0.2, 0.25) is 0 Å². The first kappa shape index (κ1) is 15.9. The van der Waals surface area contributed by atoms with Crippen molar-refractivity contribution in [1.82, 2.24) is 10.2 Å². The minimum atomic E-state index is 0.725. The summed E-state index contributed by atoms with van der Waals surface area (Å²) in [6.07, 6.45) is 5.21. The average Bonchev–Trinajstić information content (AvgIpc) is 2.25. The van der Waals surface area contributed by atoms with Crippen LogP contribution in [0.25, 0.3) is 0 Å². The fourth-order valence-electron chi connectivity index (χ4n) is 1.94. The molecule has 0 spiro atoms. The number of rotatable bonds is 10. The molecule has 0 aromatic rings. The van der Waals surface area contributed by atoms with Gasteiger partial charge < -0.3 is 10.2 Å². The first-order chi connectivity index (χ1) is 7.60. The molecule has 0 fully saturated rings. The monoisotopic (exact) mass is 228 g/mol. The van der Waals surface area contributed by atoms with Crippen molar-refractivity contribution in [3.63, 3.8) is 0 Å². The molecule has 0 amide bonds. The summed E-state index contributed by atoms with van der Waals surface area (Å²) in [6, 6.07) is 0.725. The molecule has 0 saturated carbocycles. The van der Waals surface area contributed by atoms with Gasteiger partial charge in [-0.15, -0.1) is 0 Å². The van der Waals surface area contributed by atoms with Crippen molar-refractivity contribution in [2.45, 2.75) is 59.4 Å². The zero-order valence-corrected chi connectivity index (χ0v) is 12.1. The van der Waals surface area contributed by atoms with E-state index in [4.69, 9.17) is 0 Å². The summed E-state index contributed by atoms with van der Waals surface area (Å²) in [5, 5.41) is 3.54. The summed E-state index contributed by atoms with van der Waals surface area (Å²) in [7, 11) is 2.25. The van der Waals surface area contributed by atoms with E-state index in [9.17, 15) is 0 Å². The van der Waals surface area contributed by atoms with Crippen LogP contribution in [0.2, 0.25) is 0 Å². The summed E-state index contributed by atoms with van der Waals surface area (Å²) in [6.45, 7) is 12.7. The second kappa shape index (κ2) is 10.1. The van der Waals surface area contributed by atoms with Crippen LogP contribution in [0.4, 0.5) is 0 Å². The van der Waals surface area contributed by atoms with Gasteiger partial charge in [-0.1, -0.05) is 27.7 Å². The van der Waals surface area contributed by atoms with Gasteiger partial charge in [-0.2, -0.15) is 0 Å². The van der Waals surface area contributed by atoms with E-state index in [-0.39, 0.29) is 0 Å². The molecular formula is C14H32N2. The first-order valence-electron chi connectivity index (χ1n) is 7.02. The van der Waals surface area contributed by atoms with Crippen molar-refractivity contribution in [2.24, 2.45) is 5.92 Å². The Morgan fingerprint density at radius 3 is 2.25 bits per heavy atom. The van der Waals surface area contributed by atoms with E-state index in [2.05, 4.69) is 45.0 Å². The van der Waals surface area contributed by atoms with Gasteiger partial charge in [-0.05, 0) is 58.3 Å². The van der Waals surface area contributed by atoms with E-state index in [0.717, 1.165) is 18.5 Å². The molecule has 0 rings (SSSR count). The van der Waals surface area contributed by atoms with Crippen molar-refractivity contribution in [3.8, 4) is 0 Å². The third-order valence-electron chi connectivity index (χ3n) is 3.17. The summed E-state index contributed by atoms with van der Waals surface area (Å²) in [5.41, 5.74) is 0. The van der Waals surface area contributed by atoms with Crippen LogP contribution < -0.4 is 5.32 Å². The lowest BCUT2D eigenvalue weighted by Gasteiger charge is -2.20. The quantitative estimate of drug-likeness (QED) is 0.618. The van der Waals surface area contributed by atoms with E-state index < -0.39 is 0 Å². The molecule has 0 heterocycles. The lowest BCUT2D eigenvalue weighted by molar-refractivity contribution is 0.295. The van der Waals surface area contributed by atoms with Gasteiger partial charge in [0.1, 0.15) is 0 Å². The zero-order chi connectivity index (χ0) is 12.4. The highest BCUT2D eigenvalue weighted by Gasteiger charge is 2.05. The predicted octanol–water partition coefficient (Wildman–Crippen LogP) is 3.13. The van der Waals surface area contributed by atoms with Crippen LogP contribution in [-0.2, 0) is 0 Å². The fraction of sp³-hybridized carbons (Fsp3) is 1.00. The normalized spacial score (nSPS) is 13.7. The Balaban J connectivity index is 3.47. The van der Waals surface area contributed by atoms with Crippen LogP contribution in [0.5, 0.6) is 0 Å². The van der Waals surface area contributed by atoms with Crippen LogP contribution in [0.15, 0.2) is 0 Å². The Morgan fingerprint density at radius 1 is 1.06 bits per heavy atom. The molecule has 2 nitrogen and oxygen atoms in total. The highest BCUT2D eigenvalue weighted by atomic mass is 15.1. The fourth-order valence-corrected chi connectivity index (χ4v) is 1.94. The standard InChI is InChI=1S/C14H32N2/c1-6-14(15-7-2)9-8-11-16(5)12-10-13(3)4/h13-15H,6-12H2,1-5H3. The smallest absolute Gasteiger partial charge is 0.00647 e. The minimum absolute atomic E-state index is 0.725. The van der Waals surface area contributed by atoms with Gasteiger partial charge in [0.05, 0.1) is 0 Å². The molecular weight excluding hydrogens is 196 g/mol. The maximum Gasteiger partial charge on any atom is 0.00647 e. The molecule has 1 atom stereocenters. The highest BCUT2D eigenvalue weighted by molar-refractivity contribution is 4.65. The third-order valence-corrected chi connectivity index (χ3v) is 3.17. The third kappa shape index (κ3) is 9.17. The summed E-state index contributed by atoms with van der Waals surface area (Å²) in [4.78, 5) is 2.47. The van der Waals surface area contributed by atoms with Crippen LogP contribution in [0.3, 0.4) is 0 Å². The molecule has 0 radical (unpaired) electrons. The van der Waals surface area contributed by atoms with E-state index in [1.54, 1.807) is 0 Å². The Hall–Kier alpha value is -0.0800. The Bertz CT molecular complexity index is 146.